The van der Waals surface area contributed by atoms with E-state index in [1.165, 1.54) is 0 Å². The quantitative estimate of drug-likeness (QED) is 0.675. The third-order valence-corrected chi connectivity index (χ3v) is 1.85. The molecule has 1 rings (SSSR count). The summed E-state index contributed by atoms with van der Waals surface area (Å²) in [4.78, 5) is 15.4. The average molecular weight is 187 g/mol. The van der Waals surface area contributed by atoms with E-state index in [-0.39, 0.29) is 5.78 Å². The van der Waals surface area contributed by atoms with Gasteiger partial charge in [-0.1, -0.05) is 12.0 Å². The van der Waals surface area contributed by atoms with E-state index < -0.39 is 0 Å². The molecule has 0 unspecified atom stereocenters. The Kier molecular flexibility index (Phi) is 4.43. The van der Waals surface area contributed by atoms with Crippen LogP contribution in [-0.2, 0) is 11.2 Å². The highest BCUT2D eigenvalue weighted by molar-refractivity contribution is 5.80. The summed E-state index contributed by atoms with van der Waals surface area (Å²) in [5.74, 6) is 5.66. The van der Waals surface area contributed by atoms with Gasteiger partial charge in [0.05, 0.1) is 6.42 Å². The highest BCUT2D eigenvalue weighted by Gasteiger charge is 2.00. The van der Waals surface area contributed by atoms with E-state index in [2.05, 4.69) is 16.8 Å². The van der Waals surface area contributed by atoms with E-state index in [1.54, 1.807) is 13.1 Å². The number of hydrogen-bond donors (Lipinski definition) is 0. The van der Waals surface area contributed by atoms with Gasteiger partial charge in [-0.2, -0.15) is 0 Å². The van der Waals surface area contributed by atoms with Crippen molar-refractivity contribution < 1.29 is 4.79 Å². The molecule has 1 aromatic heterocycles. The van der Waals surface area contributed by atoms with Gasteiger partial charge in [-0.3, -0.25) is 9.78 Å². The van der Waals surface area contributed by atoms with Crippen LogP contribution in [0.5, 0.6) is 0 Å². The number of aromatic nitrogens is 1. The van der Waals surface area contributed by atoms with Crippen molar-refractivity contribution in [3.05, 3.63) is 30.1 Å². The van der Waals surface area contributed by atoms with Crippen molar-refractivity contribution >= 4 is 5.78 Å². The largest absolute Gasteiger partial charge is 0.299 e. The van der Waals surface area contributed by atoms with Crippen LogP contribution in [0.3, 0.4) is 0 Å². The first kappa shape index (κ1) is 10.5. The van der Waals surface area contributed by atoms with Crippen molar-refractivity contribution in [3.63, 3.8) is 0 Å². The van der Waals surface area contributed by atoms with Crippen LogP contribution in [-0.4, -0.2) is 10.8 Å². The van der Waals surface area contributed by atoms with E-state index in [0.717, 1.165) is 5.69 Å². The third kappa shape index (κ3) is 3.86. The molecule has 14 heavy (non-hydrogen) atoms. The molecule has 0 atom stereocenters. The van der Waals surface area contributed by atoms with Gasteiger partial charge in [-0.15, -0.1) is 5.92 Å². The second-order valence-corrected chi connectivity index (χ2v) is 2.96. The molecule has 0 saturated carbocycles. The summed E-state index contributed by atoms with van der Waals surface area (Å²) in [5.41, 5.74) is 0.963. The normalized spacial score (nSPS) is 8.93. The van der Waals surface area contributed by atoms with Crippen LogP contribution in [0.4, 0.5) is 0 Å². The van der Waals surface area contributed by atoms with Gasteiger partial charge >= 0.3 is 0 Å². The molecular formula is C12H13NO. The van der Waals surface area contributed by atoms with Crippen LogP contribution in [0.15, 0.2) is 24.4 Å². The summed E-state index contributed by atoms with van der Waals surface area (Å²) in [6.07, 6.45) is 3.35. The summed E-state index contributed by atoms with van der Waals surface area (Å²) >= 11 is 0. The molecular weight excluding hydrogens is 174 g/mol. The SMILES string of the molecule is CC#CCC(=O)CCc1ccccn1. The Balaban J connectivity index is 2.33. The number of aryl methyl sites for hydroxylation is 1. The standard InChI is InChI=1S/C12H13NO/c1-2-3-7-12(14)9-8-11-6-4-5-10-13-11/h4-6,10H,7-9H2,1H3. The fraction of sp³-hybridized carbons (Fsp3) is 0.333. The van der Waals surface area contributed by atoms with Crippen LogP contribution >= 0.6 is 0 Å². The molecule has 0 bridgehead atoms. The van der Waals surface area contributed by atoms with E-state index >= 15 is 0 Å². The molecule has 0 aliphatic rings. The van der Waals surface area contributed by atoms with E-state index in [4.69, 9.17) is 0 Å². The minimum absolute atomic E-state index is 0.185. The highest BCUT2D eigenvalue weighted by atomic mass is 16.1. The highest BCUT2D eigenvalue weighted by Crippen LogP contribution is 2.00. The lowest BCUT2D eigenvalue weighted by Crippen LogP contribution is -1.99. The molecule has 0 aromatic carbocycles. The van der Waals surface area contributed by atoms with Gasteiger partial charge in [0.2, 0.25) is 0 Å². The zero-order chi connectivity index (χ0) is 10.2. The van der Waals surface area contributed by atoms with Crippen molar-refractivity contribution in [3.8, 4) is 11.8 Å². The molecule has 0 spiro atoms. The molecule has 0 saturated heterocycles. The Morgan fingerprint density at radius 1 is 1.50 bits per heavy atom. The van der Waals surface area contributed by atoms with Gasteiger partial charge in [0, 0.05) is 18.3 Å². The molecule has 2 nitrogen and oxygen atoms in total. The monoisotopic (exact) mass is 187 g/mol. The van der Waals surface area contributed by atoms with Crippen molar-refractivity contribution in [2.24, 2.45) is 0 Å². The summed E-state index contributed by atoms with van der Waals surface area (Å²) < 4.78 is 0. The molecule has 0 aliphatic heterocycles. The minimum atomic E-state index is 0.185. The molecule has 0 radical (unpaired) electrons. The Labute approximate surface area is 84.4 Å². The van der Waals surface area contributed by atoms with Gasteiger partial charge in [-0.25, -0.2) is 0 Å². The molecule has 0 amide bonds. The van der Waals surface area contributed by atoms with E-state index in [1.807, 2.05) is 18.2 Å². The fourth-order valence-electron chi connectivity index (χ4n) is 1.09. The molecule has 0 fully saturated rings. The van der Waals surface area contributed by atoms with Gasteiger partial charge in [-0.05, 0) is 25.5 Å². The molecule has 2 heteroatoms. The number of rotatable bonds is 4. The molecule has 0 N–H and O–H groups in total. The first-order valence-corrected chi connectivity index (χ1v) is 4.64. The maximum Gasteiger partial charge on any atom is 0.145 e. The van der Waals surface area contributed by atoms with Crippen molar-refractivity contribution in [2.45, 2.75) is 26.2 Å². The fourth-order valence-corrected chi connectivity index (χ4v) is 1.09. The van der Waals surface area contributed by atoms with E-state index in [9.17, 15) is 4.79 Å². The summed E-state index contributed by atoms with van der Waals surface area (Å²) in [7, 11) is 0. The first-order chi connectivity index (χ1) is 6.83. The van der Waals surface area contributed by atoms with Crippen LogP contribution in [0.2, 0.25) is 0 Å². The zero-order valence-corrected chi connectivity index (χ0v) is 8.29. The molecule has 1 heterocycles. The number of nitrogens with zero attached hydrogens (tertiary/aromatic N) is 1. The molecule has 1 aromatic rings. The van der Waals surface area contributed by atoms with Gasteiger partial charge in [0.25, 0.3) is 0 Å². The minimum Gasteiger partial charge on any atom is -0.299 e. The predicted molar refractivity (Wildman–Crippen MR) is 55.6 cm³/mol. The number of Topliss-reactive ketones (excluding diaryl/α,β-unsaturated/α-hetero) is 1. The summed E-state index contributed by atoms with van der Waals surface area (Å²) in [6, 6.07) is 5.73. The summed E-state index contributed by atoms with van der Waals surface area (Å²) in [6.45, 7) is 1.74. The van der Waals surface area contributed by atoms with Crippen LogP contribution in [0.25, 0.3) is 0 Å². The Morgan fingerprint density at radius 2 is 2.36 bits per heavy atom. The third-order valence-electron chi connectivity index (χ3n) is 1.85. The number of pyridine rings is 1. The Morgan fingerprint density at radius 3 is 3.00 bits per heavy atom. The smallest absolute Gasteiger partial charge is 0.145 e. The van der Waals surface area contributed by atoms with Crippen LogP contribution < -0.4 is 0 Å². The second kappa shape index (κ2) is 5.93. The second-order valence-electron chi connectivity index (χ2n) is 2.96. The Bertz CT molecular complexity index is 346. The first-order valence-electron chi connectivity index (χ1n) is 4.64. The lowest BCUT2D eigenvalue weighted by Gasteiger charge is -1.97. The number of ketones is 1. The van der Waals surface area contributed by atoms with Crippen molar-refractivity contribution in [1.29, 1.82) is 0 Å². The van der Waals surface area contributed by atoms with Gasteiger partial charge < -0.3 is 0 Å². The lowest BCUT2D eigenvalue weighted by atomic mass is 10.1. The lowest BCUT2D eigenvalue weighted by molar-refractivity contribution is -0.118. The zero-order valence-electron chi connectivity index (χ0n) is 8.29. The van der Waals surface area contributed by atoms with E-state index in [0.29, 0.717) is 19.3 Å². The molecule has 0 aliphatic carbocycles. The predicted octanol–water partition coefficient (Wildman–Crippen LogP) is 2.00. The van der Waals surface area contributed by atoms with Crippen LogP contribution in [0.1, 0.15) is 25.5 Å². The Hall–Kier alpha value is -1.62. The maximum absolute atomic E-state index is 11.2. The molecule has 72 valence electrons. The number of carbonyl (C=O) groups excluding carboxylic acids is 1. The van der Waals surface area contributed by atoms with Gasteiger partial charge in [0.1, 0.15) is 5.78 Å². The average Bonchev–Trinajstić information content (AvgIpc) is 2.25. The topological polar surface area (TPSA) is 30.0 Å². The van der Waals surface area contributed by atoms with Crippen molar-refractivity contribution in [2.75, 3.05) is 0 Å². The van der Waals surface area contributed by atoms with Gasteiger partial charge in [0.15, 0.2) is 0 Å². The van der Waals surface area contributed by atoms with Crippen molar-refractivity contribution in [1.82, 2.24) is 4.98 Å². The summed E-state index contributed by atoms with van der Waals surface area (Å²) in [5, 5.41) is 0. The number of carbonyl (C=O) groups is 1. The van der Waals surface area contributed by atoms with Crippen LogP contribution in [0, 0.1) is 11.8 Å². The number of hydrogen-bond acceptors (Lipinski definition) is 2. The maximum atomic E-state index is 11.2.